The highest BCUT2D eigenvalue weighted by atomic mass is 35.5. The fraction of sp³-hybridized carbons (Fsp3) is 0.577. The van der Waals surface area contributed by atoms with Crippen molar-refractivity contribution in [2.75, 3.05) is 25.0 Å². The molecule has 2 atom stereocenters. The second-order valence-corrected chi connectivity index (χ2v) is 10.6. The third kappa shape index (κ3) is 5.88. The molecule has 1 saturated heterocycles. The molecule has 0 unspecified atom stereocenters. The summed E-state index contributed by atoms with van der Waals surface area (Å²) in [6, 6.07) is 5.71. The summed E-state index contributed by atoms with van der Waals surface area (Å²) >= 11 is 6.26. The molecule has 2 fully saturated rings. The number of hydrogen-bond acceptors (Lipinski definition) is 6. The fourth-order valence-electron chi connectivity index (χ4n) is 4.67. The number of esters is 1. The molecule has 4 rings (SSSR count). The number of nitrogens with zero attached hydrogens (tertiary/aromatic N) is 4. The standard InChI is InChI=1S/C26H34ClN5O4/c1-15(2)8-11-23-29-30-25(32(23)18-9-10-18)19-12-31(24(34)14-36-17(4)33)13-20(19)26(35)28-22-7-5-6-21(27)16(22)3/h5-7,15,18-20H,8-14H2,1-4H3,(H,28,35)/t19-,20-/m0/s1. The molecule has 2 aliphatic rings. The number of rotatable bonds is 9. The van der Waals surface area contributed by atoms with Crippen molar-refractivity contribution in [3.05, 3.63) is 40.4 Å². The van der Waals surface area contributed by atoms with Gasteiger partial charge in [-0.1, -0.05) is 31.5 Å². The Morgan fingerprint density at radius 1 is 1.19 bits per heavy atom. The number of carbonyl (C=O) groups is 3. The molecule has 194 valence electrons. The van der Waals surface area contributed by atoms with E-state index in [1.165, 1.54) is 6.92 Å². The predicted octanol–water partition coefficient (Wildman–Crippen LogP) is 3.91. The molecule has 1 N–H and O–H groups in total. The molecule has 1 aliphatic carbocycles. The zero-order valence-electron chi connectivity index (χ0n) is 21.3. The van der Waals surface area contributed by atoms with Gasteiger partial charge < -0.3 is 19.5 Å². The lowest BCUT2D eigenvalue weighted by atomic mass is 9.93. The fourth-order valence-corrected chi connectivity index (χ4v) is 4.84. The summed E-state index contributed by atoms with van der Waals surface area (Å²) in [6.45, 7) is 7.64. The first-order valence-corrected chi connectivity index (χ1v) is 12.9. The van der Waals surface area contributed by atoms with Crippen molar-refractivity contribution in [3.63, 3.8) is 0 Å². The van der Waals surface area contributed by atoms with Crippen molar-refractivity contribution >= 4 is 35.1 Å². The largest absolute Gasteiger partial charge is 0.456 e. The number of anilines is 1. The van der Waals surface area contributed by atoms with E-state index in [-0.39, 0.29) is 30.9 Å². The molecule has 9 nitrogen and oxygen atoms in total. The minimum atomic E-state index is -0.538. The highest BCUT2D eigenvalue weighted by Crippen LogP contribution is 2.41. The van der Waals surface area contributed by atoms with Gasteiger partial charge in [0.15, 0.2) is 6.61 Å². The van der Waals surface area contributed by atoms with Gasteiger partial charge in [-0.05, 0) is 49.8 Å². The van der Waals surface area contributed by atoms with Crippen molar-refractivity contribution < 1.29 is 19.1 Å². The number of hydrogen-bond donors (Lipinski definition) is 1. The summed E-state index contributed by atoms with van der Waals surface area (Å²) in [7, 11) is 0. The molecule has 2 aromatic rings. The van der Waals surface area contributed by atoms with Gasteiger partial charge in [-0.3, -0.25) is 14.4 Å². The van der Waals surface area contributed by atoms with Crippen LogP contribution in [0.15, 0.2) is 18.2 Å². The Morgan fingerprint density at radius 2 is 1.94 bits per heavy atom. The highest BCUT2D eigenvalue weighted by Gasteiger charge is 2.45. The summed E-state index contributed by atoms with van der Waals surface area (Å²) < 4.78 is 7.14. The molecule has 0 bridgehead atoms. The van der Waals surface area contributed by atoms with Gasteiger partial charge in [0.2, 0.25) is 5.91 Å². The van der Waals surface area contributed by atoms with Gasteiger partial charge in [-0.2, -0.15) is 0 Å². The van der Waals surface area contributed by atoms with Crippen molar-refractivity contribution in [1.29, 1.82) is 0 Å². The highest BCUT2D eigenvalue weighted by molar-refractivity contribution is 6.31. The number of aryl methyl sites for hydroxylation is 1. The molecule has 1 saturated carbocycles. The monoisotopic (exact) mass is 515 g/mol. The van der Waals surface area contributed by atoms with E-state index in [0.717, 1.165) is 42.9 Å². The van der Waals surface area contributed by atoms with Crippen LogP contribution in [0.5, 0.6) is 0 Å². The molecule has 10 heteroatoms. The van der Waals surface area contributed by atoms with Gasteiger partial charge in [0.1, 0.15) is 11.6 Å². The average molecular weight is 516 g/mol. The Labute approximate surface area is 216 Å². The number of aromatic nitrogens is 3. The summed E-state index contributed by atoms with van der Waals surface area (Å²) in [5.41, 5.74) is 1.42. The number of ether oxygens (including phenoxy) is 1. The topological polar surface area (TPSA) is 106 Å². The number of carbonyl (C=O) groups excluding carboxylic acids is 3. The van der Waals surface area contributed by atoms with E-state index in [4.69, 9.17) is 16.3 Å². The molecule has 0 radical (unpaired) electrons. The van der Waals surface area contributed by atoms with Crippen LogP contribution in [0.25, 0.3) is 0 Å². The minimum absolute atomic E-state index is 0.203. The van der Waals surface area contributed by atoms with Crippen LogP contribution in [0, 0.1) is 18.8 Å². The van der Waals surface area contributed by atoms with Crippen LogP contribution in [0.4, 0.5) is 5.69 Å². The van der Waals surface area contributed by atoms with Crippen LogP contribution in [-0.4, -0.2) is 57.1 Å². The summed E-state index contributed by atoms with van der Waals surface area (Å²) in [5.74, 6) is 0.309. The lowest BCUT2D eigenvalue weighted by Gasteiger charge is -2.20. The first-order valence-electron chi connectivity index (χ1n) is 12.6. The molecule has 2 amide bonds. The van der Waals surface area contributed by atoms with Gasteiger partial charge in [-0.25, -0.2) is 0 Å². The molecule has 1 aliphatic heterocycles. The SMILES string of the molecule is CC(=O)OCC(=O)N1C[C@H](C(=O)Nc2cccc(Cl)c2C)[C@@H](c2nnc(CCC(C)C)n2C2CC2)C1. The Bertz CT molecular complexity index is 1140. The van der Waals surface area contributed by atoms with Crippen molar-refractivity contribution in [3.8, 4) is 0 Å². The Balaban J connectivity index is 1.63. The maximum atomic E-state index is 13.6. The quantitative estimate of drug-likeness (QED) is 0.507. The van der Waals surface area contributed by atoms with Gasteiger partial charge in [0, 0.05) is 43.2 Å². The molecular weight excluding hydrogens is 482 g/mol. The van der Waals surface area contributed by atoms with Gasteiger partial charge in [0.25, 0.3) is 5.91 Å². The van der Waals surface area contributed by atoms with Gasteiger partial charge >= 0.3 is 5.97 Å². The maximum absolute atomic E-state index is 13.6. The lowest BCUT2D eigenvalue weighted by Crippen LogP contribution is -2.34. The minimum Gasteiger partial charge on any atom is -0.456 e. The predicted molar refractivity (Wildman–Crippen MR) is 136 cm³/mol. The Morgan fingerprint density at radius 3 is 2.61 bits per heavy atom. The van der Waals surface area contributed by atoms with Crippen molar-refractivity contribution in [2.45, 2.75) is 65.3 Å². The van der Waals surface area contributed by atoms with Crippen LogP contribution >= 0.6 is 11.6 Å². The molecule has 2 heterocycles. The zero-order chi connectivity index (χ0) is 26.0. The Kier molecular flexibility index (Phi) is 7.97. The van der Waals surface area contributed by atoms with E-state index in [0.29, 0.717) is 29.2 Å². The van der Waals surface area contributed by atoms with Crippen molar-refractivity contribution in [1.82, 2.24) is 19.7 Å². The zero-order valence-corrected chi connectivity index (χ0v) is 22.0. The summed E-state index contributed by atoms with van der Waals surface area (Å²) in [6.07, 6.45) is 3.93. The number of likely N-dealkylation sites (tertiary alicyclic amines) is 1. The summed E-state index contributed by atoms with van der Waals surface area (Å²) in [5, 5.41) is 12.7. The van der Waals surface area contributed by atoms with Crippen LogP contribution in [0.3, 0.4) is 0 Å². The number of benzene rings is 1. The van der Waals surface area contributed by atoms with Gasteiger partial charge in [-0.15, -0.1) is 10.2 Å². The molecule has 0 spiro atoms. The molecule has 1 aromatic carbocycles. The Hall–Kier alpha value is -2.94. The van der Waals surface area contributed by atoms with E-state index in [9.17, 15) is 14.4 Å². The number of nitrogens with one attached hydrogen (secondary N) is 1. The van der Waals surface area contributed by atoms with Crippen LogP contribution < -0.4 is 5.32 Å². The molecular formula is C26H34ClN5O4. The second kappa shape index (κ2) is 11.0. The smallest absolute Gasteiger partial charge is 0.303 e. The van der Waals surface area contributed by atoms with Gasteiger partial charge in [0.05, 0.1) is 11.8 Å². The third-order valence-corrected chi connectivity index (χ3v) is 7.33. The normalized spacial score (nSPS) is 19.6. The van der Waals surface area contributed by atoms with Crippen LogP contribution in [0.1, 0.15) is 69.2 Å². The molecule has 1 aromatic heterocycles. The van der Waals surface area contributed by atoms with Crippen LogP contribution in [-0.2, 0) is 25.5 Å². The number of amides is 2. The van der Waals surface area contributed by atoms with E-state index in [1.807, 2.05) is 13.0 Å². The van der Waals surface area contributed by atoms with E-state index < -0.39 is 11.9 Å². The maximum Gasteiger partial charge on any atom is 0.303 e. The molecule has 36 heavy (non-hydrogen) atoms. The van der Waals surface area contributed by atoms with Crippen molar-refractivity contribution in [2.24, 2.45) is 11.8 Å². The lowest BCUT2D eigenvalue weighted by molar-refractivity contribution is -0.149. The van der Waals surface area contributed by atoms with E-state index in [2.05, 4.69) is 33.9 Å². The second-order valence-electron chi connectivity index (χ2n) is 10.2. The van der Waals surface area contributed by atoms with E-state index >= 15 is 0 Å². The summed E-state index contributed by atoms with van der Waals surface area (Å²) in [4.78, 5) is 39.2. The van der Waals surface area contributed by atoms with Crippen LogP contribution in [0.2, 0.25) is 5.02 Å². The first-order chi connectivity index (χ1) is 17.2. The first kappa shape index (κ1) is 26.1. The van der Waals surface area contributed by atoms with E-state index in [1.54, 1.807) is 17.0 Å². The third-order valence-electron chi connectivity index (χ3n) is 6.92. The number of halogens is 1. The average Bonchev–Trinajstić information content (AvgIpc) is 3.42.